The number of allylic oxidation sites excluding steroid dienone is 4. The van der Waals surface area contributed by atoms with Crippen molar-refractivity contribution in [3.63, 3.8) is 0 Å². The molecule has 4 aliphatic rings. The van der Waals surface area contributed by atoms with E-state index in [4.69, 9.17) is 0 Å². The average molecular weight is 508 g/mol. The number of ketones is 2. The molecular weight excluding hydrogens is 474 g/mol. The molecule has 0 spiro atoms. The monoisotopic (exact) mass is 507 g/mol. The second kappa shape index (κ2) is 8.10. The molecule has 3 fully saturated rings. The third kappa shape index (κ3) is 3.20. The van der Waals surface area contributed by atoms with Crippen molar-refractivity contribution in [2.24, 2.45) is 34.5 Å². The zero-order valence-electron chi connectivity index (χ0n) is 20.9. The van der Waals surface area contributed by atoms with Gasteiger partial charge in [-0.15, -0.1) is 0 Å². The second-order valence-electron chi connectivity index (χ2n) is 11.7. The van der Waals surface area contributed by atoms with Gasteiger partial charge in [0.2, 0.25) is 0 Å². The zero-order valence-corrected chi connectivity index (χ0v) is 21.7. The summed E-state index contributed by atoms with van der Waals surface area (Å²) in [6.07, 6.45) is 9.18. The van der Waals surface area contributed by atoms with Crippen molar-refractivity contribution in [1.82, 2.24) is 15.0 Å². The molecule has 7 nitrogen and oxygen atoms in total. The Morgan fingerprint density at radius 1 is 1.33 bits per heavy atom. The molecule has 0 aromatic carbocycles. The first-order chi connectivity index (χ1) is 17.1. The van der Waals surface area contributed by atoms with E-state index >= 15 is 0 Å². The van der Waals surface area contributed by atoms with E-state index in [-0.39, 0.29) is 46.4 Å². The Hall–Kier alpha value is -2.29. The van der Waals surface area contributed by atoms with Crippen molar-refractivity contribution >= 4 is 34.5 Å². The zero-order chi connectivity index (χ0) is 25.5. The minimum Gasteiger partial charge on any atom is -0.393 e. The van der Waals surface area contributed by atoms with Crippen LogP contribution in [0.4, 0.5) is 0 Å². The van der Waals surface area contributed by atoms with Crippen LogP contribution in [0.25, 0.3) is 11.2 Å². The lowest BCUT2D eigenvalue weighted by Gasteiger charge is -2.59. The first-order valence-corrected chi connectivity index (χ1v) is 13.9. The summed E-state index contributed by atoms with van der Waals surface area (Å²) in [5.74, 6) is -0.0169. The highest BCUT2D eigenvalue weighted by atomic mass is 32.2. The van der Waals surface area contributed by atoms with Crippen LogP contribution in [0.3, 0.4) is 0 Å². The normalized spacial score (nSPS) is 41.5. The number of hydrogen-bond donors (Lipinski definition) is 3. The lowest BCUT2D eigenvalue weighted by Crippen LogP contribution is -2.62. The number of fused-ring (bicyclic) bond motifs is 6. The van der Waals surface area contributed by atoms with Crippen LogP contribution < -0.4 is 0 Å². The van der Waals surface area contributed by atoms with Gasteiger partial charge >= 0.3 is 0 Å². The number of aromatic amines is 1. The van der Waals surface area contributed by atoms with Crippen LogP contribution in [0.15, 0.2) is 47.3 Å². The van der Waals surface area contributed by atoms with Crippen LogP contribution in [-0.2, 0) is 9.59 Å². The molecule has 2 aromatic rings. The number of aromatic nitrogens is 3. The maximum Gasteiger partial charge on any atom is 0.178 e. The fourth-order valence-corrected chi connectivity index (χ4v) is 9.21. The topological polar surface area (TPSA) is 116 Å². The van der Waals surface area contributed by atoms with Crippen LogP contribution >= 0.6 is 11.8 Å². The number of pyridine rings is 1. The quantitative estimate of drug-likeness (QED) is 0.538. The van der Waals surface area contributed by atoms with Crippen molar-refractivity contribution in [3.8, 4) is 0 Å². The molecule has 3 saturated carbocycles. The summed E-state index contributed by atoms with van der Waals surface area (Å²) >= 11 is 1.29. The molecule has 2 heterocycles. The number of aliphatic hydroxyl groups excluding tert-OH is 1. The average Bonchev–Trinajstić information content (AvgIpc) is 3.35. The Kier molecular flexibility index (Phi) is 5.42. The molecule has 2 aromatic heterocycles. The fraction of sp³-hybridized carbons (Fsp3) is 0.571. The molecule has 0 saturated heterocycles. The largest absolute Gasteiger partial charge is 0.393 e. The molecule has 3 N–H and O–H groups in total. The molecule has 8 atom stereocenters. The Labute approximate surface area is 214 Å². The predicted octanol–water partition coefficient (Wildman–Crippen LogP) is 3.87. The summed E-state index contributed by atoms with van der Waals surface area (Å²) in [7, 11) is 0. The summed E-state index contributed by atoms with van der Waals surface area (Å²) in [5.41, 5.74) is -0.0789. The van der Waals surface area contributed by atoms with Crippen molar-refractivity contribution in [2.75, 3.05) is 5.75 Å². The molecule has 8 heteroatoms. The maximum atomic E-state index is 13.8. The van der Waals surface area contributed by atoms with Crippen LogP contribution in [0.5, 0.6) is 0 Å². The van der Waals surface area contributed by atoms with Gasteiger partial charge in [0, 0.05) is 22.9 Å². The number of thioether (sulfide) groups is 1. The second-order valence-corrected chi connectivity index (χ2v) is 12.7. The molecule has 0 radical (unpaired) electrons. The summed E-state index contributed by atoms with van der Waals surface area (Å²) in [6, 6.07) is 3.72. The Morgan fingerprint density at radius 2 is 2.14 bits per heavy atom. The number of imidazole rings is 1. The molecule has 4 aliphatic carbocycles. The number of carbonyl (C=O) groups excluding carboxylic acids is 2. The number of rotatable bonds is 4. The van der Waals surface area contributed by atoms with Gasteiger partial charge in [-0.05, 0) is 67.7 Å². The van der Waals surface area contributed by atoms with Gasteiger partial charge in [-0.3, -0.25) is 9.59 Å². The fourth-order valence-electron chi connectivity index (χ4n) is 8.39. The Bertz CT molecular complexity index is 1290. The molecule has 36 heavy (non-hydrogen) atoms. The van der Waals surface area contributed by atoms with Gasteiger partial charge in [-0.1, -0.05) is 44.2 Å². The lowest BCUT2D eigenvalue weighted by atomic mass is 9.46. The van der Waals surface area contributed by atoms with Crippen LogP contribution in [0, 0.1) is 34.5 Å². The summed E-state index contributed by atoms with van der Waals surface area (Å²) in [6.45, 7) is 6.13. The molecule has 6 unspecified atom stereocenters. The minimum atomic E-state index is -1.52. The highest BCUT2D eigenvalue weighted by Gasteiger charge is 2.70. The summed E-state index contributed by atoms with van der Waals surface area (Å²) in [4.78, 5) is 37.7. The standard InChI is InChI=1S/C28H33N3O4S/c1-15-11-19-18-7-6-16-12-17(32)8-9-26(16,2)23(18)21(33)13-27(19,3)28(15,35)22(34)14-36-25-30-20-5-4-10-29-24(20)31-25/h4-5,8-10,12,15,18-19,21,23,33,35H,6-7,11,13-14H2,1-3H3,(H,29,30,31)/t15-,18?,19?,21?,23?,26?,27?,28+/m1/s1. The van der Waals surface area contributed by atoms with E-state index < -0.39 is 17.1 Å². The third-order valence-electron chi connectivity index (χ3n) is 10.1. The van der Waals surface area contributed by atoms with E-state index in [1.54, 1.807) is 18.3 Å². The van der Waals surface area contributed by atoms with Gasteiger partial charge in [0.1, 0.15) is 5.60 Å². The number of aliphatic hydroxyl groups is 2. The minimum absolute atomic E-state index is 0.0169. The number of nitrogens with zero attached hydrogens (tertiary/aromatic N) is 2. The van der Waals surface area contributed by atoms with Crippen molar-refractivity contribution < 1.29 is 19.8 Å². The predicted molar refractivity (Wildman–Crippen MR) is 137 cm³/mol. The lowest BCUT2D eigenvalue weighted by molar-refractivity contribution is -0.179. The van der Waals surface area contributed by atoms with Crippen molar-refractivity contribution in [1.29, 1.82) is 0 Å². The molecule has 0 amide bonds. The number of Topliss-reactive ketones (excluding diaryl/α,β-unsaturated/α-hetero) is 1. The van der Waals surface area contributed by atoms with Crippen molar-refractivity contribution in [3.05, 3.63) is 42.1 Å². The van der Waals surface area contributed by atoms with Gasteiger partial charge in [0.05, 0.1) is 17.4 Å². The van der Waals surface area contributed by atoms with E-state index in [2.05, 4.69) is 21.9 Å². The molecule has 0 bridgehead atoms. The van der Waals surface area contributed by atoms with E-state index in [0.29, 0.717) is 17.2 Å². The summed E-state index contributed by atoms with van der Waals surface area (Å²) in [5, 5.41) is 24.3. The number of hydrogen-bond acceptors (Lipinski definition) is 7. The highest BCUT2D eigenvalue weighted by molar-refractivity contribution is 7.99. The van der Waals surface area contributed by atoms with Gasteiger partial charge in [0.25, 0.3) is 0 Å². The van der Waals surface area contributed by atoms with Crippen LogP contribution in [-0.4, -0.2) is 54.2 Å². The van der Waals surface area contributed by atoms with Gasteiger partial charge in [-0.25, -0.2) is 9.97 Å². The van der Waals surface area contributed by atoms with Gasteiger partial charge < -0.3 is 15.2 Å². The number of carbonyl (C=O) groups is 2. The Morgan fingerprint density at radius 3 is 2.92 bits per heavy atom. The van der Waals surface area contributed by atoms with Gasteiger partial charge in [0.15, 0.2) is 22.4 Å². The Balaban J connectivity index is 1.28. The van der Waals surface area contributed by atoms with E-state index in [1.165, 1.54) is 11.8 Å². The number of H-pyrrole nitrogens is 1. The molecule has 6 rings (SSSR count). The van der Waals surface area contributed by atoms with Crippen LogP contribution in [0.1, 0.15) is 46.5 Å². The van der Waals surface area contributed by atoms with Crippen molar-refractivity contribution in [2.45, 2.75) is 63.3 Å². The van der Waals surface area contributed by atoms with Gasteiger partial charge in [-0.2, -0.15) is 0 Å². The van der Waals surface area contributed by atoms with Crippen LogP contribution in [0.2, 0.25) is 0 Å². The maximum absolute atomic E-state index is 13.8. The first-order valence-electron chi connectivity index (χ1n) is 12.9. The number of nitrogens with one attached hydrogen (secondary N) is 1. The third-order valence-corrected chi connectivity index (χ3v) is 11.0. The van der Waals surface area contributed by atoms with E-state index in [0.717, 1.165) is 30.4 Å². The molecule has 0 aliphatic heterocycles. The van der Waals surface area contributed by atoms with E-state index in [1.807, 2.05) is 32.1 Å². The molecular formula is C28H33N3O4S. The molecule has 190 valence electrons. The summed E-state index contributed by atoms with van der Waals surface area (Å²) < 4.78 is 0. The smallest absolute Gasteiger partial charge is 0.178 e. The SMILES string of the molecule is C[C@@H]1CC2C3CCC4=CC(=O)C=CC4(C)C3C(O)CC2(C)[C@@]1(O)C(=O)CSc1nc2ncccc2[nH]1. The van der Waals surface area contributed by atoms with E-state index in [9.17, 15) is 19.8 Å². The first kappa shape index (κ1) is 24.1. The highest BCUT2D eigenvalue weighted by Crippen LogP contribution is 2.68.